The quantitative estimate of drug-likeness (QED) is 0.587. The highest BCUT2D eigenvalue weighted by atomic mass is 19.1. The lowest BCUT2D eigenvalue weighted by molar-refractivity contribution is 0.315. The average molecular weight is 375 g/mol. The predicted octanol–water partition coefficient (Wildman–Crippen LogP) is 4.06. The maximum atomic E-state index is 13.5. The number of nitrogens with zero attached hydrogens (tertiary/aromatic N) is 4. The molecule has 1 aliphatic rings. The van der Waals surface area contributed by atoms with Crippen molar-refractivity contribution in [2.45, 2.75) is 12.5 Å². The fraction of sp³-hybridized carbons (Fsp3) is 0.273. The zero-order valence-corrected chi connectivity index (χ0v) is 16.0. The molecule has 1 fully saturated rings. The summed E-state index contributed by atoms with van der Waals surface area (Å²) in [6.45, 7) is 2.10. The number of benzene rings is 2. The highest BCUT2D eigenvalue weighted by molar-refractivity contribution is 5.86. The SMILES string of the molecule is CN(C)C1CCN(c2ccc3[nH]c(-c4cnc5ccc(F)cc5c4)nc3c2)C1. The Morgan fingerprint density at radius 3 is 2.82 bits per heavy atom. The smallest absolute Gasteiger partial charge is 0.140 e. The van der Waals surface area contributed by atoms with Gasteiger partial charge in [0, 0.05) is 42.0 Å². The van der Waals surface area contributed by atoms with Crippen molar-refractivity contribution >= 4 is 27.6 Å². The van der Waals surface area contributed by atoms with Crippen LogP contribution in [0, 0.1) is 5.82 Å². The Balaban J connectivity index is 1.48. The minimum absolute atomic E-state index is 0.262. The first-order valence-corrected chi connectivity index (χ1v) is 9.54. The van der Waals surface area contributed by atoms with Gasteiger partial charge in [0.1, 0.15) is 11.6 Å². The van der Waals surface area contributed by atoms with Gasteiger partial charge in [-0.25, -0.2) is 9.37 Å². The average Bonchev–Trinajstić information content (AvgIpc) is 3.34. The van der Waals surface area contributed by atoms with E-state index in [1.165, 1.54) is 24.2 Å². The fourth-order valence-electron chi connectivity index (χ4n) is 3.96. The van der Waals surface area contributed by atoms with Crippen LogP contribution in [0.3, 0.4) is 0 Å². The van der Waals surface area contributed by atoms with Crippen LogP contribution in [0.2, 0.25) is 0 Å². The van der Waals surface area contributed by atoms with Crippen molar-refractivity contribution < 1.29 is 4.39 Å². The number of rotatable bonds is 3. The molecule has 1 saturated heterocycles. The van der Waals surface area contributed by atoms with Gasteiger partial charge in [-0.05, 0) is 63.0 Å². The van der Waals surface area contributed by atoms with Crippen LogP contribution in [-0.4, -0.2) is 53.1 Å². The van der Waals surface area contributed by atoms with Crippen molar-refractivity contribution in [2.75, 3.05) is 32.1 Å². The molecule has 1 atom stereocenters. The Morgan fingerprint density at radius 2 is 2.00 bits per heavy atom. The number of fused-ring (bicyclic) bond motifs is 2. The first kappa shape index (κ1) is 17.1. The largest absolute Gasteiger partial charge is 0.370 e. The second kappa shape index (κ2) is 6.56. The maximum absolute atomic E-state index is 13.5. The molecule has 1 unspecified atom stereocenters. The van der Waals surface area contributed by atoms with E-state index in [9.17, 15) is 4.39 Å². The van der Waals surface area contributed by atoms with E-state index >= 15 is 0 Å². The Hall–Kier alpha value is -2.99. The minimum atomic E-state index is -0.262. The van der Waals surface area contributed by atoms with Crippen molar-refractivity contribution in [1.82, 2.24) is 19.9 Å². The van der Waals surface area contributed by atoms with E-state index in [0.717, 1.165) is 46.4 Å². The fourth-order valence-corrected chi connectivity index (χ4v) is 3.96. The molecule has 3 heterocycles. The summed E-state index contributed by atoms with van der Waals surface area (Å²) in [4.78, 5) is 17.3. The Morgan fingerprint density at radius 1 is 1.11 bits per heavy atom. The first-order chi connectivity index (χ1) is 13.6. The van der Waals surface area contributed by atoms with Crippen LogP contribution < -0.4 is 4.90 Å². The zero-order valence-electron chi connectivity index (χ0n) is 16.0. The maximum Gasteiger partial charge on any atom is 0.140 e. The number of pyridine rings is 1. The van der Waals surface area contributed by atoms with Crippen molar-refractivity contribution in [2.24, 2.45) is 0 Å². The van der Waals surface area contributed by atoms with Crippen molar-refractivity contribution in [3.63, 3.8) is 0 Å². The Kier molecular flexibility index (Phi) is 4.02. The van der Waals surface area contributed by atoms with Gasteiger partial charge in [0.05, 0.1) is 16.6 Å². The van der Waals surface area contributed by atoms with E-state index in [-0.39, 0.29) is 5.82 Å². The molecule has 0 amide bonds. The van der Waals surface area contributed by atoms with E-state index in [1.807, 2.05) is 6.07 Å². The molecule has 0 bridgehead atoms. The number of likely N-dealkylation sites (N-methyl/N-ethyl adjacent to an activating group) is 1. The molecule has 1 aliphatic heterocycles. The van der Waals surface area contributed by atoms with Gasteiger partial charge < -0.3 is 14.8 Å². The molecular weight excluding hydrogens is 353 g/mol. The zero-order chi connectivity index (χ0) is 19.3. The summed E-state index contributed by atoms with van der Waals surface area (Å²) in [6, 6.07) is 13.5. The molecule has 5 rings (SSSR count). The lowest BCUT2D eigenvalue weighted by atomic mass is 10.1. The topological polar surface area (TPSA) is 48.0 Å². The number of hydrogen-bond donors (Lipinski definition) is 1. The molecule has 0 saturated carbocycles. The van der Waals surface area contributed by atoms with Gasteiger partial charge in [-0.3, -0.25) is 4.98 Å². The molecule has 4 aromatic rings. The number of imidazole rings is 1. The number of H-pyrrole nitrogens is 1. The highest BCUT2D eigenvalue weighted by Crippen LogP contribution is 2.28. The van der Waals surface area contributed by atoms with E-state index in [4.69, 9.17) is 4.98 Å². The number of anilines is 1. The van der Waals surface area contributed by atoms with E-state index in [0.29, 0.717) is 6.04 Å². The summed E-state index contributed by atoms with van der Waals surface area (Å²) in [5.74, 6) is 0.487. The normalized spacial score (nSPS) is 17.3. The summed E-state index contributed by atoms with van der Waals surface area (Å²) >= 11 is 0. The summed E-state index contributed by atoms with van der Waals surface area (Å²) in [6.07, 6.45) is 2.96. The molecule has 6 heteroatoms. The molecule has 5 nitrogen and oxygen atoms in total. The van der Waals surface area contributed by atoms with Crippen molar-refractivity contribution in [3.8, 4) is 11.4 Å². The predicted molar refractivity (Wildman–Crippen MR) is 111 cm³/mol. The van der Waals surface area contributed by atoms with Crippen LogP contribution in [0.1, 0.15) is 6.42 Å². The summed E-state index contributed by atoms with van der Waals surface area (Å²) in [5.41, 5.74) is 4.74. The lowest BCUT2D eigenvalue weighted by Crippen LogP contribution is -2.31. The molecule has 1 N–H and O–H groups in total. The van der Waals surface area contributed by atoms with Crippen molar-refractivity contribution in [3.05, 3.63) is 54.5 Å². The molecular formula is C22H22FN5. The van der Waals surface area contributed by atoms with E-state index in [2.05, 4.69) is 52.1 Å². The summed E-state index contributed by atoms with van der Waals surface area (Å²) in [5, 5.41) is 0.769. The molecule has 0 radical (unpaired) electrons. The van der Waals surface area contributed by atoms with Gasteiger partial charge in [0.25, 0.3) is 0 Å². The number of halogens is 1. The van der Waals surface area contributed by atoms with Gasteiger partial charge in [-0.2, -0.15) is 0 Å². The molecule has 2 aromatic carbocycles. The Bertz CT molecular complexity index is 1170. The van der Waals surface area contributed by atoms with Crippen LogP contribution in [0.15, 0.2) is 48.7 Å². The van der Waals surface area contributed by atoms with Crippen LogP contribution in [0.5, 0.6) is 0 Å². The van der Waals surface area contributed by atoms with Gasteiger partial charge in [0.15, 0.2) is 0 Å². The standard InChI is InChI=1S/C22H22FN5/c1-27(2)18-7-8-28(13-18)17-4-6-20-21(11-17)26-22(25-20)15-9-14-10-16(23)3-5-19(14)24-12-15/h3-6,9-12,18H,7-8,13H2,1-2H3,(H,25,26). The molecule has 0 spiro atoms. The van der Waals surface area contributed by atoms with Gasteiger partial charge in [-0.15, -0.1) is 0 Å². The number of nitrogens with one attached hydrogen (secondary N) is 1. The molecule has 0 aliphatic carbocycles. The molecule has 142 valence electrons. The molecule has 28 heavy (non-hydrogen) atoms. The lowest BCUT2D eigenvalue weighted by Gasteiger charge is -2.21. The first-order valence-electron chi connectivity index (χ1n) is 9.54. The van der Waals surface area contributed by atoms with Crippen LogP contribution >= 0.6 is 0 Å². The number of hydrogen-bond acceptors (Lipinski definition) is 4. The minimum Gasteiger partial charge on any atom is -0.370 e. The monoisotopic (exact) mass is 375 g/mol. The summed E-state index contributed by atoms with van der Waals surface area (Å²) in [7, 11) is 4.28. The van der Waals surface area contributed by atoms with Crippen LogP contribution in [-0.2, 0) is 0 Å². The Labute approximate surface area is 162 Å². The summed E-state index contributed by atoms with van der Waals surface area (Å²) < 4.78 is 13.5. The highest BCUT2D eigenvalue weighted by Gasteiger charge is 2.24. The second-order valence-corrected chi connectivity index (χ2v) is 7.70. The molecule has 2 aromatic heterocycles. The second-order valence-electron chi connectivity index (χ2n) is 7.70. The van der Waals surface area contributed by atoms with Crippen LogP contribution in [0.4, 0.5) is 10.1 Å². The third-order valence-electron chi connectivity index (χ3n) is 5.64. The van der Waals surface area contributed by atoms with Crippen molar-refractivity contribution in [1.29, 1.82) is 0 Å². The van der Waals surface area contributed by atoms with Gasteiger partial charge in [0.2, 0.25) is 0 Å². The number of aromatic amines is 1. The van der Waals surface area contributed by atoms with E-state index < -0.39 is 0 Å². The third kappa shape index (κ3) is 2.99. The van der Waals surface area contributed by atoms with Gasteiger partial charge >= 0.3 is 0 Å². The van der Waals surface area contributed by atoms with Crippen LogP contribution in [0.25, 0.3) is 33.3 Å². The van der Waals surface area contributed by atoms with E-state index in [1.54, 1.807) is 12.3 Å². The number of aromatic nitrogens is 3. The third-order valence-corrected chi connectivity index (χ3v) is 5.64. The van der Waals surface area contributed by atoms with Gasteiger partial charge in [-0.1, -0.05) is 0 Å².